The summed E-state index contributed by atoms with van der Waals surface area (Å²) in [5, 5.41) is 3.39. The van der Waals surface area contributed by atoms with Gasteiger partial charge < -0.3 is 9.73 Å². The number of oxazole rings is 1. The minimum atomic E-state index is -0.249. The Balaban J connectivity index is 1.91. The molecular formula is C15H22N2O2. The Bertz CT molecular complexity index is 571. The van der Waals surface area contributed by atoms with Crippen LogP contribution in [0.1, 0.15) is 33.1 Å². The number of hydrogen-bond donors (Lipinski definition) is 1. The molecule has 4 nitrogen and oxygen atoms in total. The van der Waals surface area contributed by atoms with Crippen LogP contribution in [0.15, 0.2) is 33.5 Å². The van der Waals surface area contributed by atoms with E-state index in [9.17, 15) is 4.79 Å². The predicted octanol–water partition coefficient (Wildman–Crippen LogP) is 2.76. The zero-order valence-corrected chi connectivity index (χ0v) is 11.7. The Morgan fingerprint density at radius 1 is 1.32 bits per heavy atom. The minimum absolute atomic E-state index is 0.249. The molecule has 2 aromatic rings. The lowest BCUT2D eigenvalue weighted by Gasteiger charge is -2.11. The van der Waals surface area contributed by atoms with Gasteiger partial charge in [0, 0.05) is 12.6 Å². The highest BCUT2D eigenvalue weighted by molar-refractivity contribution is 5.72. The van der Waals surface area contributed by atoms with Crippen molar-refractivity contribution in [3.05, 3.63) is 34.8 Å². The molecule has 0 aliphatic rings. The van der Waals surface area contributed by atoms with Crippen molar-refractivity contribution < 1.29 is 4.42 Å². The van der Waals surface area contributed by atoms with E-state index in [2.05, 4.69) is 19.2 Å². The van der Waals surface area contributed by atoms with Crippen molar-refractivity contribution >= 4 is 11.1 Å². The lowest BCUT2D eigenvalue weighted by molar-refractivity contribution is 0.464. The van der Waals surface area contributed by atoms with Gasteiger partial charge in [-0.2, -0.15) is 0 Å². The first-order valence-corrected chi connectivity index (χ1v) is 7.04. The van der Waals surface area contributed by atoms with E-state index in [1.807, 2.05) is 24.3 Å². The number of hydrogen-bond acceptors (Lipinski definition) is 3. The van der Waals surface area contributed by atoms with Crippen LogP contribution >= 0.6 is 0 Å². The number of aromatic nitrogens is 1. The molecule has 0 aliphatic carbocycles. The number of fused-ring (bicyclic) bond motifs is 1. The minimum Gasteiger partial charge on any atom is -0.408 e. The van der Waals surface area contributed by atoms with Crippen LogP contribution in [-0.4, -0.2) is 17.2 Å². The third-order valence-electron chi connectivity index (χ3n) is 3.40. The quantitative estimate of drug-likeness (QED) is 0.780. The van der Waals surface area contributed by atoms with E-state index in [0.717, 1.165) is 37.9 Å². The Morgan fingerprint density at radius 2 is 2.11 bits per heavy atom. The van der Waals surface area contributed by atoms with Crippen molar-refractivity contribution in [3.8, 4) is 0 Å². The van der Waals surface area contributed by atoms with E-state index < -0.39 is 0 Å². The number of nitrogens with zero attached hydrogens (tertiary/aromatic N) is 1. The first kappa shape index (κ1) is 13.9. The molecule has 1 N–H and O–H groups in total. The molecular weight excluding hydrogens is 240 g/mol. The van der Waals surface area contributed by atoms with Gasteiger partial charge in [0.1, 0.15) is 0 Å². The molecule has 1 aromatic carbocycles. The zero-order valence-electron chi connectivity index (χ0n) is 11.7. The molecule has 0 amide bonds. The molecule has 1 unspecified atom stereocenters. The molecule has 104 valence electrons. The van der Waals surface area contributed by atoms with Crippen LogP contribution in [0.5, 0.6) is 0 Å². The highest BCUT2D eigenvalue weighted by Gasteiger charge is 2.08. The summed E-state index contributed by atoms with van der Waals surface area (Å²) in [7, 11) is 0. The van der Waals surface area contributed by atoms with E-state index in [4.69, 9.17) is 4.42 Å². The Kier molecular flexibility index (Phi) is 4.80. The first-order valence-electron chi connectivity index (χ1n) is 7.04. The predicted molar refractivity (Wildman–Crippen MR) is 77.5 cm³/mol. The van der Waals surface area contributed by atoms with Gasteiger partial charge in [0.25, 0.3) is 0 Å². The molecule has 19 heavy (non-hydrogen) atoms. The fourth-order valence-corrected chi connectivity index (χ4v) is 2.40. The number of benzene rings is 1. The third-order valence-corrected chi connectivity index (χ3v) is 3.40. The van der Waals surface area contributed by atoms with Crippen molar-refractivity contribution in [1.82, 2.24) is 9.88 Å². The maximum atomic E-state index is 11.8. The van der Waals surface area contributed by atoms with Crippen molar-refractivity contribution in [2.24, 2.45) is 0 Å². The van der Waals surface area contributed by atoms with Crippen LogP contribution in [0.2, 0.25) is 0 Å². The van der Waals surface area contributed by atoms with E-state index in [1.165, 1.54) is 0 Å². The number of unbranched alkanes of at least 4 members (excludes halogenated alkanes) is 1. The van der Waals surface area contributed by atoms with Gasteiger partial charge in [0.15, 0.2) is 5.58 Å². The number of rotatable bonds is 7. The van der Waals surface area contributed by atoms with E-state index in [0.29, 0.717) is 11.6 Å². The van der Waals surface area contributed by atoms with Gasteiger partial charge in [-0.05, 0) is 38.4 Å². The van der Waals surface area contributed by atoms with Crippen LogP contribution in [-0.2, 0) is 6.54 Å². The van der Waals surface area contributed by atoms with Crippen LogP contribution < -0.4 is 11.1 Å². The normalized spacial score (nSPS) is 12.9. The summed E-state index contributed by atoms with van der Waals surface area (Å²) < 4.78 is 6.94. The molecule has 0 saturated carbocycles. The van der Waals surface area contributed by atoms with Crippen molar-refractivity contribution in [2.45, 2.75) is 45.7 Å². The summed E-state index contributed by atoms with van der Waals surface area (Å²) in [5.74, 6) is -0.249. The molecule has 1 atom stereocenters. The Morgan fingerprint density at radius 3 is 2.89 bits per heavy atom. The molecule has 2 rings (SSSR count). The third kappa shape index (κ3) is 3.47. The molecule has 0 bridgehead atoms. The average molecular weight is 262 g/mol. The van der Waals surface area contributed by atoms with Gasteiger partial charge in [-0.15, -0.1) is 0 Å². The van der Waals surface area contributed by atoms with Crippen LogP contribution in [0, 0.1) is 0 Å². The van der Waals surface area contributed by atoms with Crippen LogP contribution in [0.4, 0.5) is 0 Å². The topological polar surface area (TPSA) is 47.2 Å². The Hall–Kier alpha value is -1.55. The second-order valence-electron chi connectivity index (χ2n) is 4.94. The molecule has 4 heteroatoms. The standard InChI is InChI=1S/C15H22N2O2/c1-3-16-12(2)8-6-7-11-17-13-9-4-5-10-14(13)19-15(17)18/h4-5,9-10,12,16H,3,6-8,11H2,1-2H3. The smallest absolute Gasteiger partial charge is 0.408 e. The van der Waals surface area contributed by atoms with Gasteiger partial charge >= 0.3 is 5.76 Å². The summed E-state index contributed by atoms with van der Waals surface area (Å²) in [4.78, 5) is 11.8. The van der Waals surface area contributed by atoms with Gasteiger partial charge in [0.2, 0.25) is 0 Å². The lowest BCUT2D eigenvalue weighted by Crippen LogP contribution is -2.25. The van der Waals surface area contributed by atoms with E-state index >= 15 is 0 Å². The van der Waals surface area contributed by atoms with E-state index in [1.54, 1.807) is 4.57 Å². The SMILES string of the molecule is CCNC(C)CCCCn1c(=O)oc2ccccc21. The average Bonchev–Trinajstić information content (AvgIpc) is 2.71. The zero-order chi connectivity index (χ0) is 13.7. The highest BCUT2D eigenvalue weighted by Crippen LogP contribution is 2.13. The summed E-state index contributed by atoms with van der Waals surface area (Å²) >= 11 is 0. The second-order valence-corrected chi connectivity index (χ2v) is 4.94. The Labute approximate surface area is 113 Å². The van der Waals surface area contributed by atoms with Crippen molar-refractivity contribution in [3.63, 3.8) is 0 Å². The maximum Gasteiger partial charge on any atom is 0.419 e. The molecule has 0 saturated heterocycles. The molecule has 0 aliphatic heterocycles. The van der Waals surface area contributed by atoms with E-state index in [-0.39, 0.29) is 5.76 Å². The maximum absolute atomic E-state index is 11.8. The summed E-state index contributed by atoms with van der Waals surface area (Å²) in [6.45, 7) is 6.05. The largest absolute Gasteiger partial charge is 0.419 e. The monoisotopic (exact) mass is 262 g/mol. The van der Waals surface area contributed by atoms with Gasteiger partial charge in [-0.25, -0.2) is 4.79 Å². The number of nitrogens with one attached hydrogen (secondary N) is 1. The molecule has 1 heterocycles. The summed E-state index contributed by atoms with van der Waals surface area (Å²) in [6, 6.07) is 8.12. The highest BCUT2D eigenvalue weighted by atomic mass is 16.4. The second kappa shape index (κ2) is 6.57. The van der Waals surface area contributed by atoms with Crippen molar-refractivity contribution in [1.29, 1.82) is 0 Å². The number of aryl methyl sites for hydroxylation is 1. The van der Waals surface area contributed by atoms with Crippen LogP contribution in [0.3, 0.4) is 0 Å². The molecule has 0 radical (unpaired) electrons. The summed E-state index contributed by atoms with van der Waals surface area (Å²) in [6.07, 6.45) is 3.25. The number of para-hydroxylation sites is 2. The molecule has 0 fully saturated rings. The summed E-state index contributed by atoms with van der Waals surface area (Å²) in [5.41, 5.74) is 1.57. The fraction of sp³-hybridized carbons (Fsp3) is 0.533. The van der Waals surface area contributed by atoms with Gasteiger partial charge in [0.05, 0.1) is 5.52 Å². The van der Waals surface area contributed by atoms with Crippen molar-refractivity contribution in [2.75, 3.05) is 6.54 Å². The first-order chi connectivity index (χ1) is 9.22. The fourth-order valence-electron chi connectivity index (χ4n) is 2.40. The molecule has 0 spiro atoms. The lowest BCUT2D eigenvalue weighted by atomic mass is 10.1. The van der Waals surface area contributed by atoms with Gasteiger partial charge in [-0.1, -0.05) is 25.5 Å². The molecule has 1 aromatic heterocycles. The van der Waals surface area contributed by atoms with Gasteiger partial charge in [-0.3, -0.25) is 4.57 Å². The van der Waals surface area contributed by atoms with Crippen LogP contribution in [0.25, 0.3) is 11.1 Å².